The van der Waals surface area contributed by atoms with Gasteiger partial charge in [-0.05, 0) is 41.8 Å². The number of halogens is 7. The average Bonchev–Trinajstić information content (AvgIpc) is 2.57. The largest absolute Gasteiger partial charge is 0.417 e. The van der Waals surface area contributed by atoms with Crippen molar-refractivity contribution in [3.63, 3.8) is 0 Å². The molecule has 0 aliphatic rings. The van der Waals surface area contributed by atoms with Gasteiger partial charge in [0.05, 0.1) is 16.8 Å². The molecule has 0 spiro atoms. The van der Waals surface area contributed by atoms with Crippen molar-refractivity contribution in [1.29, 1.82) is 0 Å². The number of rotatable bonds is 5. The van der Waals surface area contributed by atoms with Crippen LogP contribution in [0.1, 0.15) is 36.1 Å². The van der Waals surface area contributed by atoms with Gasteiger partial charge < -0.3 is 4.84 Å². The van der Waals surface area contributed by atoms with Gasteiger partial charge >= 0.3 is 12.4 Å². The minimum Gasteiger partial charge on any atom is -0.391 e. The Morgan fingerprint density at radius 1 is 0.964 bits per heavy atom. The quantitative estimate of drug-likeness (QED) is 0.289. The molecule has 0 atom stereocenters. The third-order valence-electron chi connectivity index (χ3n) is 3.79. The zero-order chi connectivity index (χ0) is 21.1. The molecular formula is C19H16ClF6NO. The summed E-state index contributed by atoms with van der Waals surface area (Å²) in [4.78, 5) is 5.13. The van der Waals surface area contributed by atoms with Crippen molar-refractivity contribution in [2.24, 2.45) is 11.1 Å². The standard InChI is InChI=1S/C19H16ClF6NO/c1-11(2)17(15-9-14(20)7-8-16(15)19(24,25)26)27-28-10-12-3-5-13(6-4-12)18(21,22)23/h3-9,11H,10H2,1-2H3/b27-17+. The molecule has 2 rings (SSSR count). The zero-order valence-electron chi connectivity index (χ0n) is 14.8. The Balaban J connectivity index is 2.26. The van der Waals surface area contributed by atoms with Crippen molar-refractivity contribution in [1.82, 2.24) is 0 Å². The highest BCUT2D eigenvalue weighted by molar-refractivity contribution is 6.31. The van der Waals surface area contributed by atoms with Gasteiger partial charge in [-0.1, -0.05) is 42.7 Å². The lowest BCUT2D eigenvalue weighted by molar-refractivity contribution is -0.138. The molecule has 0 unspecified atom stereocenters. The van der Waals surface area contributed by atoms with Gasteiger partial charge in [0.1, 0.15) is 6.61 Å². The number of alkyl halides is 6. The van der Waals surface area contributed by atoms with E-state index in [9.17, 15) is 26.3 Å². The summed E-state index contributed by atoms with van der Waals surface area (Å²) in [6.45, 7) is 3.08. The van der Waals surface area contributed by atoms with E-state index in [2.05, 4.69) is 5.16 Å². The van der Waals surface area contributed by atoms with Crippen molar-refractivity contribution >= 4 is 17.3 Å². The van der Waals surface area contributed by atoms with Crippen molar-refractivity contribution < 1.29 is 31.2 Å². The topological polar surface area (TPSA) is 21.6 Å². The molecule has 28 heavy (non-hydrogen) atoms. The third kappa shape index (κ3) is 5.64. The Labute approximate surface area is 162 Å². The maximum Gasteiger partial charge on any atom is 0.417 e. The normalized spacial score (nSPS) is 13.1. The van der Waals surface area contributed by atoms with Crippen LogP contribution in [0.15, 0.2) is 47.6 Å². The lowest BCUT2D eigenvalue weighted by Crippen LogP contribution is -2.18. The Morgan fingerprint density at radius 3 is 2.07 bits per heavy atom. The Bertz CT molecular complexity index is 841. The summed E-state index contributed by atoms with van der Waals surface area (Å²) < 4.78 is 77.6. The molecule has 152 valence electrons. The van der Waals surface area contributed by atoms with Crippen LogP contribution in [0.5, 0.6) is 0 Å². The second kappa shape index (κ2) is 8.43. The van der Waals surface area contributed by atoms with Crippen molar-refractivity contribution in [2.75, 3.05) is 0 Å². The van der Waals surface area contributed by atoms with Crippen LogP contribution in [0.4, 0.5) is 26.3 Å². The van der Waals surface area contributed by atoms with E-state index in [1.807, 2.05) is 0 Å². The van der Waals surface area contributed by atoms with Crippen LogP contribution >= 0.6 is 11.6 Å². The maximum absolute atomic E-state index is 13.3. The molecule has 2 aromatic rings. The highest BCUT2D eigenvalue weighted by Gasteiger charge is 2.35. The molecule has 0 aliphatic carbocycles. The third-order valence-corrected chi connectivity index (χ3v) is 4.02. The molecule has 0 fully saturated rings. The molecule has 0 aliphatic heterocycles. The molecule has 9 heteroatoms. The first kappa shape index (κ1) is 22.1. The van der Waals surface area contributed by atoms with E-state index in [1.165, 1.54) is 12.1 Å². The van der Waals surface area contributed by atoms with Crippen LogP contribution in [0.25, 0.3) is 0 Å². The Morgan fingerprint density at radius 2 is 1.57 bits per heavy atom. The molecule has 0 saturated carbocycles. The van der Waals surface area contributed by atoms with Crippen molar-refractivity contribution in [2.45, 2.75) is 32.8 Å². The summed E-state index contributed by atoms with van der Waals surface area (Å²) in [5.41, 5.74) is -1.50. The fourth-order valence-corrected chi connectivity index (χ4v) is 2.58. The van der Waals surface area contributed by atoms with Gasteiger partial charge in [0.2, 0.25) is 0 Å². The number of hydrogen-bond donors (Lipinski definition) is 0. The summed E-state index contributed by atoms with van der Waals surface area (Å²) in [5, 5.41) is 3.92. The zero-order valence-corrected chi connectivity index (χ0v) is 15.6. The minimum atomic E-state index is -4.61. The second-order valence-corrected chi connectivity index (χ2v) is 6.72. The first-order valence-corrected chi connectivity index (χ1v) is 8.50. The highest BCUT2D eigenvalue weighted by Crippen LogP contribution is 2.35. The number of nitrogens with zero attached hydrogens (tertiary/aromatic N) is 1. The second-order valence-electron chi connectivity index (χ2n) is 6.29. The van der Waals surface area contributed by atoms with Crippen LogP contribution in [0.2, 0.25) is 5.02 Å². The molecule has 0 heterocycles. The lowest BCUT2D eigenvalue weighted by atomic mass is 9.95. The summed E-state index contributed by atoms with van der Waals surface area (Å²) in [7, 11) is 0. The smallest absolute Gasteiger partial charge is 0.391 e. The van der Waals surface area contributed by atoms with E-state index in [1.54, 1.807) is 13.8 Å². The molecule has 0 N–H and O–H groups in total. The van der Waals surface area contributed by atoms with Crippen molar-refractivity contribution in [3.05, 3.63) is 69.7 Å². The van der Waals surface area contributed by atoms with Gasteiger partial charge in [-0.25, -0.2) is 0 Å². The van der Waals surface area contributed by atoms with Crippen molar-refractivity contribution in [3.8, 4) is 0 Å². The fourth-order valence-electron chi connectivity index (χ4n) is 2.41. The summed E-state index contributed by atoms with van der Waals surface area (Å²) in [6.07, 6.45) is -9.06. The molecule has 0 bridgehead atoms. The van der Waals surface area contributed by atoms with E-state index in [4.69, 9.17) is 16.4 Å². The van der Waals surface area contributed by atoms with Gasteiger partial charge in [-0.3, -0.25) is 0 Å². The van der Waals surface area contributed by atoms with Crippen LogP contribution < -0.4 is 0 Å². The number of hydrogen-bond acceptors (Lipinski definition) is 2. The molecule has 0 saturated heterocycles. The van der Waals surface area contributed by atoms with E-state index >= 15 is 0 Å². The van der Waals surface area contributed by atoms with Gasteiger partial charge in [0, 0.05) is 10.6 Å². The van der Waals surface area contributed by atoms with Crippen LogP contribution in [-0.2, 0) is 23.8 Å². The Hall–Kier alpha value is -2.22. The van der Waals surface area contributed by atoms with E-state index in [0.717, 1.165) is 30.3 Å². The molecule has 0 radical (unpaired) electrons. The SMILES string of the molecule is CC(C)/C(=N\OCc1ccc(C(F)(F)F)cc1)c1cc(Cl)ccc1C(F)(F)F. The predicted octanol–water partition coefficient (Wildman–Crippen LogP) is 6.95. The van der Waals surface area contributed by atoms with Gasteiger partial charge in [-0.15, -0.1) is 0 Å². The van der Waals surface area contributed by atoms with Gasteiger partial charge in [0.15, 0.2) is 0 Å². The molecule has 2 nitrogen and oxygen atoms in total. The van der Waals surface area contributed by atoms with Crippen LogP contribution in [0, 0.1) is 5.92 Å². The van der Waals surface area contributed by atoms with Crippen LogP contribution in [0.3, 0.4) is 0 Å². The monoisotopic (exact) mass is 423 g/mol. The summed E-state index contributed by atoms with van der Waals surface area (Å²) >= 11 is 5.84. The molecular weight excluding hydrogens is 408 g/mol. The van der Waals surface area contributed by atoms with Gasteiger partial charge in [0.25, 0.3) is 0 Å². The fraction of sp³-hybridized carbons (Fsp3) is 0.316. The Kier molecular flexibility index (Phi) is 6.64. The first-order chi connectivity index (χ1) is 12.9. The summed E-state index contributed by atoms with van der Waals surface area (Å²) in [6, 6.07) is 7.38. The van der Waals surface area contributed by atoms with E-state index < -0.39 is 29.4 Å². The van der Waals surface area contributed by atoms with Crippen LogP contribution in [-0.4, -0.2) is 5.71 Å². The number of benzene rings is 2. The maximum atomic E-state index is 13.3. The predicted molar refractivity (Wildman–Crippen MR) is 94.1 cm³/mol. The lowest BCUT2D eigenvalue weighted by Gasteiger charge is -2.17. The van der Waals surface area contributed by atoms with Gasteiger partial charge in [-0.2, -0.15) is 26.3 Å². The molecule has 2 aromatic carbocycles. The summed E-state index contributed by atoms with van der Waals surface area (Å²) in [5.74, 6) is -0.424. The van der Waals surface area contributed by atoms with E-state index in [-0.39, 0.29) is 22.9 Å². The average molecular weight is 424 g/mol. The minimum absolute atomic E-state index is 0.0294. The number of oxime groups is 1. The molecule has 0 aromatic heterocycles. The highest BCUT2D eigenvalue weighted by atomic mass is 35.5. The molecule has 0 amide bonds. The van der Waals surface area contributed by atoms with E-state index in [0.29, 0.717) is 5.56 Å². The first-order valence-electron chi connectivity index (χ1n) is 8.12.